The lowest BCUT2D eigenvalue weighted by molar-refractivity contribution is 0.292. The molecule has 3 aromatic heterocycles. The summed E-state index contributed by atoms with van der Waals surface area (Å²) in [5.74, 6) is 2.17. The molecule has 0 aliphatic rings. The zero-order chi connectivity index (χ0) is 15.8. The number of benzene rings is 1. The molecule has 0 atom stereocenters. The smallest absolute Gasteiger partial charge is 0.235 e. The van der Waals surface area contributed by atoms with E-state index in [-0.39, 0.29) is 0 Å². The maximum Gasteiger partial charge on any atom is 0.235 e. The zero-order valence-electron chi connectivity index (χ0n) is 12.6. The standard InChI is InChI=1S/C15H13N5O2S/c1-9-3-5-11(6-4-9)21-8-13-16-17-15-20(13)18-14(23-15)12-7-10(2)22-19-12/h3-7H,8H2,1-2H3. The molecule has 0 radical (unpaired) electrons. The van der Waals surface area contributed by atoms with Gasteiger partial charge in [-0.05, 0) is 26.0 Å². The molecule has 0 saturated carbocycles. The summed E-state index contributed by atoms with van der Waals surface area (Å²) in [6, 6.07) is 9.70. The molecule has 0 spiro atoms. The summed E-state index contributed by atoms with van der Waals surface area (Å²) in [6.45, 7) is 4.18. The van der Waals surface area contributed by atoms with Crippen molar-refractivity contribution < 1.29 is 9.26 Å². The Bertz CT molecular complexity index is 954. The van der Waals surface area contributed by atoms with E-state index in [9.17, 15) is 0 Å². The van der Waals surface area contributed by atoms with Crippen LogP contribution in [0.1, 0.15) is 17.1 Å². The fourth-order valence-corrected chi connectivity index (χ4v) is 2.91. The average Bonchev–Trinajstić information content (AvgIpc) is 3.22. The molecule has 0 fully saturated rings. The van der Waals surface area contributed by atoms with E-state index in [2.05, 4.69) is 20.5 Å². The molecule has 116 valence electrons. The van der Waals surface area contributed by atoms with Crippen molar-refractivity contribution >= 4 is 16.3 Å². The van der Waals surface area contributed by atoms with Gasteiger partial charge in [-0.25, -0.2) is 0 Å². The van der Waals surface area contributed by atoms with Gasteiger partial charge in [-0.2, -0.15) is 9.61 Å². The topological polar surface area (TPSA) is 78.3 Å². The lowest BCUT2D eigenvalue weighted by Gasteiger charge is -2.03. The minimum absolute atomic E-state index is 0.297. The molecular formula is C15H13N5O2S. The molecule has 23 heavy (non-hydrogen) atoms. The second-order valence-corrected chi connectivity index (χ2v) is 6.10. The van der Waals surface area contributed by atoms with E-state index in [0.717, 1.165) is 16.5 Å². The third-order valence-electron chi connectivity index (χ3n) is 3.29. The van der Waals surface area contributed by atoms with E-state index in [0.29, 0.717) is 23.1 Å². The number of ether oxygens (including phenoxy) is 1. The van der Waals surface area contributed by atoms with Crippen LogP contribution in [0.4, 0.5) is 0 Å². The van der Waals surface area contributed by atoms with Crippen LogP contribution in [0.2, 0.25) is 0 Å². The van der Waals surface area contributed by atoms with Gasteiger partial charge in [0, 0.05) is 6.07 Å². The molecular weight excluding hydrogens is 314 g/mol. The fraction of sp³-hybridized carbons (Fsp3) is 0.200. The van der Waals surface area contributed by atoms with E-state index >= 15 is 0 Å². The highest BCUT2D eigenvalue weighted by atomic mass is 32.1. The van der Waals surface area contributed by atoms with Crippen LogP contribution in [-0.4, -0.2) is 25.0 Å². The lowest BCUT2D eigenvalue weighted by Crippen LogP contribution is -2.02. The Labute approximate surface area is 135 Å². The number of nitrogens with zero attached hydrogens (tertiary/aromatic N) is 5. The minimum Gasteiger partial charge on any atom is -0.486 e. The van der Waals surface area contributed by atoms with Gasteiger partial charge in [0.1, 0.15) is 23.8 Å². The lowest BCUT2D eigenvalue weighted by atomic mass is 10.2. The van der Waals surface area contributed by atoms with Crippen molar-refractivity contribution in [1.82, 2.24) is 25.0 Å². The van der Waals surface area contributed by atoms with Crippen molar-refractivity contribution in [2.75, 3.05) is 0 Å². The molecule has 0 aliphatic heterocycles. The van der Waals surface area contributed by atoms with Crippen molar-refractivity contribution in [3.05, 3.63) is 47.5 Å². The van der Waals surface area contributed by atoms with Gasteiger partial charge in [-0.1, -0.05) is 34.2 Å². The Balaban J connectivity index is 1.58. The molecule has 1 aromatic carbocycles. The monoisotopic (exact) mass is 327 g/mol. The molecule has 3 heterocycles. The molecule has 4 rings (SSSR count). The van der Waals surface area contributed by atoms with Crippen LogP contribution in [0.3, 0.4) is 0 Å². The summed E-state index contributed by atoms with van der Waals surface area (Å²) in [5.41, 5.74) is 1.89. The average molecular weight is 327 g/mol. The van der Waals surface area contributed by atoms with Crippen molar-refractivity contribution in [1.29, 1.82) is 0 Å². The molecule has 7 nitrogen and oxygen atoms in total. The summed E-state index contributed by atoms with van der Waals surface area (Å²) < 4.78 is 12.5. The van der Waals surface area contributed by atoms with Gasteiger partial charge in [0.05, 0.1) is 0 Å². The van der Waals surface area contributed by atoms with Gasteiger partial charge in [-0.3, -0.25) is 0 Å². The number of fused-ring (bicyclic) bond motifs is 1. The van der Waals surface area contributed by atoms with Crippen LogP contribution in [-0.2, 0) is 6.61 Å². The highest BCUT2D eigenvalue weighted by molar-refractivity contribution is 7.19. The predicted octanol–water partition coefficient (Wildman–Crippen LogP) is 3.04. The fourth-order valence-electron chi connectivity index (χ4n) is 2.10. The Kier molecular flexibility index (Phi) is 3.30. The van der Waals surface area contributed by atoms with Gasteiger partial charge >= 0.3 is 0 Å². The first-order valence-electron chi connectivity index (χ1n) is 7.03. The summed E-state index contributed by atoms with van der Waals surface area (Å²) in [6.07, 6.45) is 0. The maximum atomic E-state index is 5.74. The second kappa shape index (κ2) is 5.47. The third kappa shape index (κ3) is 2.68. The Morgan fingerprint density at radius 2 is 2.00 bits per heavy atom. The first-order chi connectivity index (χ1) is 11.2. The quantitative estimate of drug-likeness (QED) is 0.573. The molecule has 4 aromatic rings. The molecule has 0 aliphatic carbocycles. The van der Waals surface area contributed by atoms with Gasteiger partial charge in [0.15, 0.2) is 10.8 Å². The molecule has 0 saturated heterocycles. The summed E-state index contributed by atoms with van der Waals surface area (Å²) in [4.78, 5) is 0.697. The number of aryl methyl sites for hydroxylation is 2. The highest BCUT2D eigenvalue weighted by Crippen LogP contribution is 2.25. The summed E-state index contributed by atoms with van der Waals surface area (Å²) in [7, 11) is 0. The molecule has 0 unspecified atom stereocenters. The van der Waals surface area contributed by atoms with E-state index in [1.165, 1.54) is 16.9 Å². The van der Waals surface area contributed by atoms with Crippen LogP contribution in [0.5, 0.6) is 5.75 Å². The van der Waals surface area contributed by atoms with Gasteiger partial charge in [0.25, 0.3) is 0 Å². The van der Waals surface area contributed by atoms with E-state index in [1.54, 1.807) is 4.52 Å². The van der Waals surface area contributed by atoms with Crippen LogP contribution in [0.15, 0.2) is 34.9 Å². The normalized spacial score (nSPS) is 11.2. The first-order valence-corrected chi connectivity index (χ1v) is 7.85. The van der Waals surface area contributed by atoms with Gasteiger partial charge in [0.2, 0.25) is 4.96 Å². The van der Waals surface area contributed by atoms with Crippen molar-refractivity contribution in [2.45, 2.75) is 20.5 Å². The van der Waals surface area contributed by atoms with E-state index in [1.807, 2.05) is 44.2 Å². The van der Waals surface area contributed by atoms with Crippen molar-refractivity contribution in [3.63, 3.8) is 0 Å². The molecule has 8 heteroatoms. The molecule has 0 N–H and O–H groups in total. The molecule has 0 bridgehead atoms. The zero-order valence-corrected chi connectivity index (χ0v) is 13.4. The van der Waals surface area contributed by atoms with Crippen molar-refractivity contribution in [3.8, 4) is 16.5 Å². The minimum atomic E-state index is 0.297. The number of hydrogen-bond acceptors (Lipinski definition) is 7. The van der Waals surface area contributed by atoms with Crippen LogP contribution in [0, 0.1) is 13.8 Å². The van der Waals surface area contributed by atoms with E-state index in [4.69, 9.17) is 9.26 Å². The Hall–Kier alpha value is -2.74. The van der Waals surface area contributed by atoms with Crippen LogP contribution >= 0.6 is 11.3 Å². The Morgan fingerprint density at radius 3 is 2.74 bits per heavy atom. The number of aromatic nitrogens is 5. The number of hydrogen-bond donors (Lipinski definition) is 0. The first kappa shape index (κ1) is 13.9. The van der Waals surface area contributed by atoms with Crippen molar-refractivity contribution in [2.24, 2.45) is 0 Å². The highest BCUT2D eigenvalue weighted by Gasteiger charge is 2.15. The summed E-state index contributed by atoms with van der Waals surface area (Å²) >= 11 is 1.41. The van der Waals surface area contributed by atoms with Crippen LogP contribution in [0.25, 0.3) is 15.7 Å². The molecule has 0 amide bonds. The largest absolute Gasteiger partial charge is 0.486 e. The SMILES string of the molecule is Cc1ccc(OCc2nnc3sc(-c4cc(C)on4)nn23)cc1. The third-order valence-corrected chi connectivity index (χ3v) is 4.21. The number of rotatable bonds is 4. The predicted molar refractivity (Wildman–Crippen MR) is 84.4 cm³/mol. The van der Waals surface area contributed by atoms with E-state index < -0.39 is 0 Å². The van der Waals surface area contributed by atoms with Gasteiger partial charge < -0.3 is 9.26 Å². The second-order valence-electron chi connectivity index (χ2n) is 5.14. The maximum absolute atomic E-state index is 5.74. The van der Waals surface area contributed by atoms with Gasteiger partial charge in [-0.15, -0.1) is 10.2 Å². The summed E-state index contributed by atoms with van der Waals surface area (Å²) in [5, 5.41) is 17.5. The Morgan fingerprint density at radius 1 is 1.17 bits per heavy atom. The van der Waals surface area contributed by atoms with Crippen LogP contribution < -0.4 is 4.74 Å².